The maximum Gasteiger partial charge on any atom is 0.215 e. The van der Waals surface area contributed by atoms with Crippen LogP contribution in [0.25, 0.3) is 0 Å². The molecule has 100 valence electrons. The van der Waals surface area contributed by atoms with Crippen LogP contribution in [0.1, 0.15) is 19.4 Å². The lowest BCUT2D eigenvalue weighted by atomic mass is 10.1. The maximum absolute atomic E-state index is 12.2. The fourth-order valence-electron chi connectivity index (χ4n) is 2.09. The van der Waals surface area contributed by atoms with Crippen molar-refractivity contribution in [3.8, 4) is 0 Å². The van der Waals surface area contributed by atoms with Crippen LogP contribution < -0.4 is 5.32 Å². The fourth-order valence-corrected chi connectivity index (χ4v) is 3.58. The van der Waals surface area contributed by atoms with Crippen LogP contribution in [0.15, 0.2) is 24.5 Å². The van der Waals surface area contributed by atoms with Gasteiger partial charge in [0.15, 0.2) is 0 Å². The first-order valence-corrected chi connectivity index (χ1v) is 7.62. The van der Waals surface area contributed by atoms with Gasteiger partial charge in [0.1, 0.15) is 0 Å². The van der Waals surface area contributed by atoms with Gasteiger partial charge < -0.3 is 5.32 Å². The summed E-state index contributed by atoms with van der Waals surface area (Å²) in [7, 11) is -3.19. The maximum atomic E-state index is 12.2. The van der Waals surface area contributed by atoms with E-state index in [0.29, 0.717) is 19.6 Å². The molecule has 0 aliphatic carbocycles. The van der Waals surface area contributed by atoms with E-state index in [1.807, 2.05) is 26.0 Å². The van der Waals surface area contributed by atoms with Crippen molar-refractivity contribution in [1.29, 1.82) is 0 Å². The molecule has 18 heavy (non-hydrogen) atoms. The molecule has 1 aromatic rings. The van der Waals surface area contributed by atoms with Crippen LogP contribution in [0, 0.1) is 0 Å². The average Bonchev–Trinajstić information content (AvgIpc) is 2.37. The Labute approximate surface area is 108 Å². The number of hydrogen-bond acceptors (Lipinski definition) is 4. The van der Waals surface area contributed by atoms with E-state index < -0.39 is 10.0 Å². The zero-order valence-electron chi connectivity index (χ0n) is 10.8. The van der Waals surface area contributed by atoms with Crippen LogP contribution in [0.3, 0.4) is 0 Å². The van der Waals surface area contributed by atoms with E-state index in [1.165, 1.54) is 0 Å². The van der Waals surface area contributed by atoms with E-state index in [-0.39, 0.29) is 11.3 Å². The van der Waals surface area contributed by atoms with E-state index in [4.69, 9.17) is 0 Å². The van der Waals surface area contributed by atoms with Crippen molar-refractivity contribution >= 4 is 10.0 Å². The Hall–Kier alpha value is -0.980. The second-order valence-electron chi connectivity index (χ2n) is 5.26. The predicted molar refractivity (Wildman–Crippen MR) is 70.5 cm³/mol. The lowest BCUT2D eigenvalue weighted by molar-refractivity contribution is 0.300. The standard InChI is InChI=1S/C12H19N3O2S/c1-12(2)10-15(18(16,17)7-6-14-12)9-11-4-3-5-13-8-11/h3-5,8,14H,6-7,9-10H2,1-2H3. The van der Waals surface area contributed by atoms with Crippen LogP contribution in [0.4, 0.5) is 0 Å². The Bertz CT molecular complexity index is 499. The third-order valence-electron chi connectivity index (χ3n) is 3.01. The van der Waals surface area contributed by atoms with Crippen molar-refractivity contribution in [2.24, 2.45) is 0 Å². The van der Waals surface area contributed by atoms with Gasteiger partial charge in [-0.2, -0.15) is 4.31 Å². The first-order chi connectivity index (χ1) is 8.39. The molecule has 1 saturated heterocycles. The minimum atomic E-state index is -3.19. The summed E-state index contributed by atoms with van der Waals surface area (Å²) < 4.78 is 25.9. The molecule has 1 N–H and O–H groups in total. The van der Waals surface area contributed by atoms with Crippen molar-refractivity contribution in [3.05, 3.63) is 30.1 Å². The van der Waals surface area contributed by atoms with Crippen molar-refractivity contribution < 1.29 is 8.42 Å². The van der Waals surface area contributed by atoms with Crippen molar-refractivity contribution in [3.63, 3.8) is 0 Å². The van der Waals surface area contributed by atoms with E-state index in [9.17, 15) is 8.42 Å². The highest BCUT2D eigenvalue weighted by atomic mass is 32.2. The number of sulfonamides is 1. The zero-order valence-corrected chi connectivity index (χ0v) is 11.6. The number of rotatable bonds is 2. The van der Waals surface area contributed by atoms with Crippen molar-refractivity contribution in [2.45, 2.75) is 25.9 Å². The number of nitrogens with one attached hydrogen (secondary N) is 1. The van der Waals surface area contributed by atoms with Crippen LogP contribution in [-0.2, 0) is 16.6 Å². The van der Waals surface area contributed by atoms with Gasteiger partial charge in [0.25, 0.3) is 0 Å². The highest BCUT2D eigenvalue weighted by molar-refractivity contribution is 7.89. The second-order valence-corrected chi connectivity index (χ2v) is 7.34. The van der Waals surface area contributed by atoms with E-state index in [0.717, 1.165) is 5.56 Å². The van der Waals surface area contributed by atoms with Gasteiger partial charge in [0.2, 0.25) is 10.0 Å². The Morgan fingerprint density at radius 2 is 2.28 bits per heavy atom. The second kappa shape index (κ2) is 4.95. The van der Waals surface area contributed by atoms with Crippen LogP contribution in [-0.4, -0.2) is 42.1 Å². The van der Waals surface area contributed by atoms with Gasteiger partial charge in [-0.15, -0.1) is 0 Å². The van der Waals surface area contributed by atoms with Gasteiger partial charge in [-0.3, -0.25) is 4.98 Å². The number of aromatic nitrogens is 1. The molecule has 6 heteroatoms. The molecule has 0 bridgehead atoms. The molecular formula is C12H19N3O2S. The molecular weight excluding hydrogens is 250 g/mol. The van der Waals surface area contributed by atoms with E-state index in [2.05, 4.69) is 10.3 Å². The first-order valence-electron chi connectivity index (χ1n) is 6.01. The molecule has 2 heterocycles. The largest absolute Gasteiger partial charge is 0.309 e. The highest BCUT2D eigenvalue weighted by Crippen LogP contribution is 2.17. The third-order valence-corrected chi connectivity index (χ3v) is 4.78. The van der Waals surface area contributed by atoms with Crippen LogP contribution >= 0.6 is 0 Å². The summed E-state index contributed by atoms with van der Waals surface area (Å²) in [6, 6.07) is 3.72. The molecule has 0 saturated carbocycles. The molecule has 0 amide bonds. The Balaban J connectivity index is 2.22. The Kier molecular flexibility index (Phi) is 3.70. The SMILES string of the molecule is CC1(C)CN(Cc2cccnc2)S(=O)(=O)CCN1. The van der Waals surface area contributed by atoms with Crippen molar-refractivity contribution in [1.82, 2.24) is 14.6 Å². The third kappa shape index (κ3) is 3.28. The smallest absolute Gasteiger partial charge is 0.215 e. The van der Waals surface area contributed by atoms with Crippen LogP contribution in [0.5, 0.6) is 0 Å². The summed E-state index contributed by atoms with van der Waals surface area (Å²) in [5, 5.41) is 3.26. The first kappa shape index (κ1) is 13.5. The molecule has 0 spiro atoms. The van der Waals surface area contributed by atoms with Gasteiger partial charge in [-0.1, -0.05) is 6.07 Å². The van der Waals surface area contributed by atoms with E-state index >= 15 is 0 Å². The number of hydrogen-bond donors (Lipinski definition) is 1. The van der Waals surface area contributed by atoms with Gasteiger partial charge in [-0.25, -0.2) is 8.42 Å². The topological polar surface area (TPSA) is 62.3 Å². The predicted octanol–water partition coefficient (Wildman–Crippen LogP) is 0.595. The molecule has 0 aromatic carbocycles. The summed E-state index contributed by atoms with van der Waals surface area (Å²) >= 11 is 0. The molecule has 0 atom stereocenters. The Morgan fingerprint density at radius 3 is 2.94 bits per heavy atom. The average molecular weight is 269 g/mol. The molecule has 1 aliphatic heterocycles. The normalized spacial score (nSPS) is 23.4. The van der Waals surface area contributed by atoms with E-state index in [1.54, 1.807) is 16.7 Å². The summed E-state index contributed by atoms with van der Waals surface area (Å²) in [5.41, 5.74) is 0.713. The molecule has 2 rings (SSSR count). The minimum absolute atomic E-state index is 0.149. The quantitative estimate of drug-likeness (QED) is 0.854. The zero-order chi connectivity index (χ0) is 13.2. The lowest BCUT2D eigenvalue weighted by Gasteiger charge is -2.28. The van der Waals surface area contributed by atoms with Gasteiger partial charge in [0.05, 0.1) is 5.75 Å². The minimum Gasteiger partial charge on any atom is -0.309 e. The lowest BCUT2D eigenvalue weighted by Crippen LogP contribution is -2.46. The summed E-state index contributed by atoms with van der Waals surface area (Å²) in [4.78, 5) is 4.02. The highest BCUT2D eigenvalue weighted by Gasteiger charge is 2.32. The van der Waals surface area contributed by atoms with Crippen LogP contribution in [0.2, 0.25) is 0 Å². The van der Waals surface area contributed by atoms with Crippen molar-refractivity contribution in [2.75, 3.05) is 18.8 Å². The summed E-state index contributed by atoms with van der Waals surface area (Å²) in [6.45, 7) is 5.40. The molecule has 1 fully saturated rings. The molecule has 1 aliphatic rings. The molecule has 1 aromatic heterocycles. The fraction of sp³-hybridized carbons (Fsp3) is 0.583. The van der Waals surface area contributed by atoms with Gasteiger partial charge in [-0.05, 0) is 25.5 Å². The number of nitrogens with zero attached hydrogens (tertiary/aromatic N) is 2. The summed E-state index contributed by atoms with van der Waals surface area (Å²) in [6.07, 6.45) is 3.40. The molecule has 0 unspecified atom stereocenters. The number of pyridine rings is 1. The van der Waals surface area contributed by atoms with Gasteiger partial charge >= 0.3 is 0 Å². The molecule has 0 radical (unpaired) electrons. The van der Waals surface area contributed by atoms with Gasteiger partial charge in [0, 0.05) is 37.6 Å². The monoisotopic (exact) mass is 269 g/mol. The summed E-state index contributed by atoms with van der Waals surface area (Å²) in [5.74, 6) is 0.149. The molecule has 5 nitrogen and oxygen atoms in total. The Morgan fingerprint density at radius 1 is 1.50 bits per heavy atom.